The number of hydroxylamine groups is 1. The molecule has 12 nitrogen and oxygen atoms in total. The Labute approximate surface area is 268 Å². The predicted molar refractivity (Wildman–Crippen MR) is 158 cm³/mol. The van der Waals surface area contributed by atoms with Crippen LogP contribution in [-0.4, -0.2) is 88.3 Å². The van der Waals surface area contributed by atoms with Crippen molar-refractivity contribution in [2.45, 2.75) is 82.0 Å². The second-order valence-corrected chi connectivity index (χ2v) is 11.4. The van der Waals surface area contributed by atoms with Gasteiger partial charge in [0.25, 0.3) is 6.29 Å². The average Bonchev–Trinajstić information content (AvgIpc) is 3.64. The summed E-state index contributed by atoms with van der Waals surface area (Å²) >= 11 is 6.13. The summed E-state index contributed by atoms with van der Waals surface area (Å²) in [6.07, 6.45) is -9.96. The van der Waals surface area contributed by atoms with Crippen LogP contribution in [0.3, 0.4) is 0 Å². The lowest BCUT2D eigenvalue weighted by Gasteiger charge is -2.41. The number of carbonyl (C=O) groups excluding carboxylic acids is 1. The number of halogens is 3. The van der Waals surface area contributed by atoms with Gasteiger partial charge in [0, 0.05) is 10.6 Å². The molecule has 6 N–H and O–H groups in total. The molecule has 3 fully saturated rings. The van der Waals surface area contributed by atoms with Crippen LogP contribution in [-0.2, 0) is 30.4 Å². The van der Waals surface area contributed by atoms with Crippen molar-refractivity contribution < 1.29 is 57.8 Å². The molecule has 2 heterocycles. The van der Waals surface area contributed by atoms with Crippen molar-refractivity contribution in [3.8, 4) is 5.75 Å². The largest absolute Gasteiger partial charge is 0.451 e. The molecule has 0 aromatic heterocycles. The Morgan fingerprint density at radius 3 is 2.50 bits per heavy atom. The van der Waals surface area contributed by atoms with Crippen molar-refractivity contribution in [2.24, 2.45) is 0 Å². The summed E-state index contributed by atoms with van der Waals surface area (Å²) < 4.78 is 51.5. The number of hydrogen-bond acceptors (Lipinski definition) is 11. The van der Waals surface area contributed by atoms with Crippen LogP contribution in [0.5, 0.6) is 5.75 Å². The van der Waals surface area contributed by atoms with E-state index in [4.69, 9.17) is 35.4 Å². The predicted octanol–water partition coefficient (Wildman–Crippen LogP) is 1.98. The van der Waals surface area contributed by atoms with E-state index in [-0.39, 0.29) is 48.2 Å². The van der Waals surface area contributed by atoms with E-state index in [0.29, 0.717) is 10.6 Å². The summed E-state index contributed by atoms with van der Waals surface area (Å²) in [5.74, 6) is -2.11. The highest BCUT2D eigenvalue weighted by molar-refractivity contribution is 6.31. The highest BCUT2D eigenvalue weighted by Gasteiger charge is 2.53. The maximum absolute atomic E-state index is 15.0. The van der Waals surface area contributed by atoms with Gasteiger partial charge in [-0.2, -0.15) is 0 Å². The Kier molecular flexibility index (Phi) is 10.8. The van der Waals surface area contributed by atoms with E-state index in [9.17, 15) is 25.2 Å². The van der Waals surface area contributed by atoms with Gasteiger partial charge in [-0.3, -0.25) is 15.1 Å². The molecular formula is C31H35ClF2N2O10. The van der Waals surface area contributed by atoms with E-state index in [1.54, 1.807) is 31.2 Å². The number of aliphatic hydroxyl groups excluding tert-OH is 4. The van der Waals surface area contributed by atoms with E-state index >= 15 is 8.78 Å². The standard InChI is InChI=1S/C31H35ClF2N2O10/c1-3-19(36-44-12-16-6-4-5-7-17(16)32)27-23(37)21(34)31(46-27)45-20-9-8-15(11-18(20)33)10-14(2)30(41)35-22-24(38)26(40)29-28(25(22)39)42-13-43-29/h4-11,21-26,28-29,31,36-40H,3,12-13H2,1-2H3,(H,35,41)/t21-,22+,23-,24-,25+,26+,28-,29+,31+/m0/s1. The van der Waals surface area contributed by atoms with Crippen molar-refractivity contribution in [2.75, 3.05) is 6.79 Å². The number of carbonyl (C=O) groups is 1. The number of allylic oxidation sites excluding steroid dienone is 1. The van der Waals surface area contributed by atoms with Gasteiger partial charge in [0.1, 0.15) is 43.9 Å². The monoisotopic (exact) mass is 668 g/mol. The quantitative estimate of drug-likeness (QED) is 0.162. The van der Waals surface area contributed by atoms with Gasteiger partial charge in [0.15, 0.2) is 23.4 Å². The van der Waals surface area contributed by atoms with Crippen LogP contribution < -0.4 is 15.5 Å². The molecule has 0 unspecified atom stereocenters. The first kappa shape index (κ1) is 34.0. The third-order valence-electron chi connectivity index (χ3n) is 7.95. The van der Waals surface area contributed by atoms with Crippen LogP contribution in [0.15, 0.2) is 59.5 Å². The first-order valence-corrected chi connectivity index (χ1v) is 14.9. The van der Waals surface area contributed by atoms with Gasteiger partial charge >= 0.3 is 0 Å². The summed E-state index contributed by atoms with van der Waals surface area (Å²) in [5.41, 5.74) is 3.95. The summed E-state index contributed by atoms with van der Waals surface area (Å²) in [5, 5.41) is 44.8. The third kappa shape index (κ3) is 7.14. The molecule has 46 heavy (non-hydrogen) atoms. The minimum Gasteiger partial charge on any atom is -0.451 e. The molecule has 0 bridgehead atoms. The first-order valence-electron chi connectivity index (χ1n) is 14.6. The zero-order valence-corrected chi connectivity index (χ0v) is 25.6. The van der Waals surface area contributed by atoms with Gasteiger partial charge in [0.2, 0.25) is 12.1 Å². The summed E-state index contributed by atoms with van der Waals surface area (Å²) in [6, 6.07) is 9.46. The smallest absolute Gasteiger partial charge is 0.275 e. The number of amides is 1. The molecule has 3 aliphatic rings. The molecule has 2 saturated heterocycles. The molecular weight excluding hydrogens is 634 g/mol. The van der Waals surface area contributed by atoms with Crippen molar-refractivity contribution in [1.82, 2.24) is 10.8 Å². The molecule has 9 atom stereocenters. The van der Waals surface area contributed by atoms with Crippen LogP contribution in [0.1, 0.15) is 31.4 Å². The van der Waals surface area contributed by atoms with E-state index in [2.05, 4.69) is 10.8 Å². The van der Waals surface area contributed by atoms with Crippen LogP contribution >= 0.6 is 11.6 Å². The van der Waals surface area contributed by atoms with Gasteiger partial charge in [-0.15, -0.1) is 0 Å². The van der Waals surface area contributed by atoms with Gasteiger partial charge in [0.05, 0.1) is 11.7 Å². The van der Waals surface area contributed by atoms with Crippen LogP contribution in [0.25, 0.3) is 6.08 Å². The summed E-state index contributed by atoms with van der Waals surface area (Å²) in [6.45, 7) is 3.07. The maximum atomic E-state index is 15.0. The molecule has 2 aliphatic heterocycles. The van der Waals surface area contributed by atoms with Crippen molar-refractivity contribution >= 4 is 23.6 Å². The number of ether oxygens (including phenoxy) is 4. The van der Waals surface area contributed by atoms with Gasteiger partial charge in [-0.25, -0.2) is 8.78 Å². The van der Waals surface area contributed by atoms with Gasteiger partial charge < -0.3 is 44.7 Å². The Hall–Kier alpha value is -3.34. The number of alkyl halides is 1. The summed E-state index contributed by atoms with van der Waals surface area (Å²) in [7, 11) is 0. The molecule has 0 radical (unpaired) electrons. The third-order valence-corrected chi connectivity index (χ3v) is 8.32. The lowest BCUT2D eigenvalue weighted by molar-refractivity contribution is -0.155. The SMILES string of the molecule is CCC(NOCc1ccccc1Cl)=C1O[C@@H](Oc2ccc(C=C(C)C(=O)N[C@@H]3[C@H](O)[C@@H](O)[C@H]4OCO[C@H]4[C@@H]3O)cc2F)[C@@H](F)[C@@H]1O. The molecule has 1 aliphatic carbocycles. The van der Waals surface area contributed by atoms with Crippen LogP contribution in [0.4, 0.5) is 8.78 Å². The Bertz CT molecular complexity index is 1480. The van der Waals surface area contributed by atoms with Crippen LogP contribution in [0.2, 0.25) is 5.02 Å². The lowest BCUT2D eigenvalue weighted by atomic mass is 9.83. The van der Waals surface area contributed by atoms with Crippen LogP contribution in [0, 0.1) is 5.82 Å². The number of hydrogen-bond donors (Lipinski definition) is 6. The van der Waals surface area contributed by atoms with E-state index in [0.717, 1.165) is 6.07 Å². The summed E-state index contributed by atoms with van der Waals surface area (Å²) in [4.78, 5) is 18.3. The zero-order chi connectivity index (χ0) is 33.1. The zero-order valence-electron chi connectivity index (χ0n) is 24.8. The molecule has 2 aromatic carbocycles. The minimum absolute atomic E-state index is 0.0809. The fraction of sp³-hybridized carbons (Fsp3) is 0.452. The average molecular weight is 669 g/mol. The Morgan fingerprint density at radius 1 is 1.09 bits per heavy atom. The second-order valence-electron chi connectivity index (χ2n) is 11.0. The number of benzene rings is 2. The van der Waals surface area contributed by atoms with Crippen molar-refractivity contribution in [1.29, 1.82) is 0 Å². The molecule has 2 aromatic rings. The highest BCUT2D eigenvalue weighted by Crippen LogP contribution is 2.33. The molecule has 15 heteroatoms. The van der Waals surface area contributed by atoms with E-state index < -0.39 is 66.9 Å². The second kappa shape index (κ2) is 14.6. The van der Waals surface area contributed by atoms with Gasteiger partial charge in [-0.1, -0.05) is 42.8 Å². The lowest BCUT2D eigenvalue weighted by Crippen LogP contribution is -2.67. The van der Waals surface area contributed by atoms with Crippen molar-refractivity contribution in [3.05, 3.63) is 81.5 Å². The highest BCUT2D eigenvalue weighted by atomic mass is 35.5. The number of fused-ring (bicyclic) bond motifs is 1. The molecule has 5 rings (SSSR count). The Balaban J connectivity index is 1.20. The van der Waals surface area contributed by atoms with E-state index in [1.807, 2.05) is 0 Å². The topological polar surface area (TPSA) is 168 Å². The maximum Gasteiger partial charge on any atom is 0.275 e. The first-order chi connectivity index (χ1) is 22.0. The number of nitrogens with one attached hydrogen (secondary N) is 2. The molecule has 1 saturated carbocycles. The number of rotatable bonds is 10. The number of aliphatic hydroxyl groups is 4. The minimum atomic E-state index is -2.05. The van der Waals surface area contributed by atoms with Crippen molar-refractivity contribution in [3.63, 3.8) is 0 Å². The van der Waals surface area contributed by atoms with E-state index in [1.165, 1.54) is 25.1 Å². The fourth-order valence-electron chi connectivity index (χ4n) is 5.37. The molecule has 250 valence electrons. The molecule has 0 spiro atoms. The Morgan fingerprint density at radius 2 is 1.80 bits per heavy atom. The normalized spacial score (nSPS) is 32.0. The molecule has 1 amide bonds. The fourth-order valence-corrected chi connectivity index (χ4v) is 5.56. The van der Waals surface area contributed by atoms with Gasteiger partial charge in [-0.05, 0) is 48.7 Å².